The van der Waals surface area contributed by atoms with Gasteiger partial charge in [-0.05, 0) is 74.2 Å². The maximum Gasteiger partial charge on any atom is 0.119 e. The molecule has 4 heteroatoms. The van der Waals surface area contributed by atoms with Crippen LogP contribution in [0.25, 0.3) is 0 Å². The Hall–Kier alpha value is -2.04. The summed E-state index contributed by atoms with van der Waals surface area (Å²) in [6.07, 6.45) is 15.3. The van der Waals surface area contributed by atoms with Crippen molar-refractivity contribution in [2.75, 3.05) is 26.3 Å². The van der Waals surface area contributed by atoms with Crippen LogP contribution in [0.1, 0.15) is 102 Å². The molecule has 0 fully saturated rings. The number of benzene rings is 2. The van der Waals surface area contributed by atoms with Crippen LogP contribution in [0.3, 0.4) is 0 Å². The zero-order valence-corrected chi connectivity index (χ0v) is 23.3. The lowest BCUT2D eigenvalue weighted by Crippen LogP contribution is -2.82. The van der Waals surface area contributed by atoms with Gasteiger partial charge in [0, 0.05) is 11.1 Å². The van der Waals surface area contributed by atoms with Gasteiger partial charge in [-0.15, -0.1) is 0 Å². The largest absolute Gasteiger partial charge is 0.494 e. The highest BCUT2D eigenvalue weighted by Gasteiger charge is 2.00. The van der Waals surface area contributed by atoms with E-state index >= 15 is 0 Å². The minimum Gasteiger partial charge on any atom is -0.494 e. The van der Waals surface area contributed by atoms with Crippen molar-refractivity contribution in [2.24, 2.45) is 0 Å². The topological polar surface area (TPSA) is 51.7 Å². The molecule has 2 aromatic rings. The van der Waals surface area contributed by atoms with Crippen LogP contribution in [-0.2, 0) is 13.1 Å². The minimum atomic E-state index is 0.831. The van der Waals surface area contributed by atoms with E-state index < -0.39 is 0 Å². The summed E-state index contributed by atoms with van der Waals surface area (Å²) >= 11 is 0. The van der Waals surface area contributed by atoms with E-state index in [0.717, 1.165) is 50.6 Å². The van der Waals surface area contributed by atoms with Gasteiger partial charge in [-0.2, -0.15) is 0 Å². The molecule has 0 aliphatic heterocycles. The molecule has 0 amide bonds. The summed E-state index contributed by atoms with van der Waals surface area (Å²) in [7, 11) is 0. The van der Waals surface area contributed by atoms with Crippen molar-refractivity contribution in [1.29, 1.82) is 0 Å². The van der Waals surface area contributed by atoms with E-state index in [2.05, 4.69) is 73.0 Å². The number of hydrogen-bond acceptors (Lipinski definition) is 2. The Morgan fingerprint density at radius 3 is 1.19 bits per heavy atom. The first-order valence-electron chi connectivity index (χ1n) is 14.9. The molecule has 2 rings (SSSR count). The Bertz CT molecular complexity index is 680. The molecule has 0 radical (unpaired) electrons. The molecular formula is C32H54N2O2+2. The van der Waals surface area contributed by atoms with Gasteiger partial charge in [0.15, 0.2) is 0 Å². The van der Waals surface area contributed by atoms with Crippen molar-refractivity contribution in [3.8, 4) is 11.5 Å². The third kappa shape index (κ3) is 15.2. The molecule has 0 unspecified atom stereocenters. The van der Waals surface area contributed by atoms with Gasteiger partial charge in [-0.1, -0.05) is 65.2 Å². The average molecular weight is 499 g/mol. The quantitative estimate of drug-likeness (QED) is 0.185. The van der Waals surface area contributed by atoms with Gasteiger partial charge in [0.05, 0.1) is 26.3 Å². The molecule has 0 aliphatic rings. The molecule has 4 N–H and O–H groups in total. The van der Waals surface area contributed by atoms with Crippen molar-refractivity contribution in [2.45, 2.75) is 104 Å². The van der Waals surface area contributed by atoms with Crippen LogP contribution in [0.15, 0.2) is 48.5 Å². The lowest BCUT2D eigenvalue weighted by molar-refractivity contribution is -0.671. The van der Waals surface area contributed by atoms with Crippen LogP contribution >= 0.6 is 0 Å². The van der Waals surface area contributed by atoms with Crippen LogP contribution in [0.5, 0.6) is 11.5 Å². The molecule has 4 nitrogen and oxygen atoms in total. The van der Waals surface area contributed by atoms with Crippen LogP contribution in [-0.4, -0.2) is 26.3 Å². The number of rotatable bonds is 23. The van der Waals surface area contributed by atoms with Gasteiger partial charge >= 0.3 is 0 Å². The fourth-order valence-corrected chi connectivity index (χ4v) is 4.32. The molecule has 202 valence electrons. The summed E-state index contributed by atoms with van der Waals surface area (Å²) in [5, 5.41) is 4.78. The molecule has 0 spiro atoms. The van der Waals surface area contributed by atoms with Gasteiger partial charge < -0.3 is 20.1 Å². The van der Waals surface area contributed by atoms with E-state index in [9.17, 15) is 0 Å². The summed E-state index contributed by atoms with van der Waals surface area (Å²) in [6.45, 7) is 10.7. The predicted molar refractivity (Wildman–Crippen MR) is 152 cm³/mol. The van der Waals surface area contributed by atoms with E-state index in [1.54, 1.807) is 0 Å². The van der Waals surface area contributed by atoms with E-state index in [-0.39, 0.29) is 0 Å². The molecular weight excluding hydrogens is 444 g/mol. The fourth-order valence-electron chi connectivity index (χ4n) is 4.32. The molecule has 0 aromatic heterocycles. The zero-order chi connectivity index (χ0) is 25.5. The third-order valence-corrected chi connectivity index (χ3v) is 6.71. The molecule has 0 heterocycles. The Balaban J connectivity index is 1.36. The van der Waals surface area contributed by atoms with Crippen LogP contribution in [0, 0.1) is 0 Å². The number of ether oxygens (including phenoxy) is 2. The van der Waals surface area contributed by atoms with Crippen molar-refractivity contribution in [3.63, 3.8) is 0 Å². The number of hydrogen-bond donors (Lipinski definition) is 2. The number of unbranched alkanes of at least 4 members (excludes halogenated alkanes) is 9. The second-order valence-corrected chi connectivity index (χ2v) is 10.1. The summed E-state index contributed by atoms with van der Waals surface area (Å²) in [5.74, 6) is 2.01. The molecule has 36 heavy (non-hydrogen) atoms. The van der Waals surface area contributed by atoms with Crippen molar-refractivity contribution in [1.82, 2.24) is 0 Å². The molecule has 2 aromatic carbocycles. The van der Waals surface area contributed by atoms with Gasteiger partial charge in [0.1, 0.15) is 24.6 Å². The smallest absolute Gasteiger partial charge is 0.119 e. The monoisotopic (exact) mass is 498 g/mol. The van der Waals surface area contributed by atoms with Crippen LogP contribution < -0.4 is 20.1 Å². The van der Waals surface area contributed by atoms with E-state index in [1.807, 2.05) is 0 Å². The summed E-state index contributed by atoms with van der Waals surface area (Å²) < 4.78 is 11.8. The minimum absolute atomic E-state index is 0.831. The summed E-state index contributed by atoms with van der Waals surface area (Å²) in [5.41, 5.74) is 2.76. The van der Waals surface area contributed by atoms with Gasteiger partial charge in [0.2, 0.25) is 0 Å². The normalized spacial score (nSPS) is 11.1. The Morgan fingerprint density at radius 2 is 0.833 bits per heavy atom. The van der Waals surface area contributed by atoms with Crippen LogP contribution in [0.4, 0.5) is 0 Å². The lowest BCUT2D eigenvalue weighted by Gasteiger charge is -2.08. The number of quaternary nitrogens is 2. The first-order chi connectivity index (χ1) is 17.8. The van der Waals surface area contributed by atoms with E-state index in [4.69, 9.17) is 9.47 Å². The summed E-state index contributed by atoms with van der Waals surface area (Å²) in [4.78, 5) is 0. The maximum atomic E-state index is 5.92. The Labute approximate surface area is 221 Å². The Kier molecular flexibility index (Phi) is 17.7. The van der Waals surface area contributed by atoms with Gasteiger partial charge in [-0.3, -0.25) is 0 Å². The Morgan fingerprint density at radius 1 is 0.472 bits per heavy atom. The highest BCUT2D eigenvalue weighted by molar-refractivity contribution is 5.27. The van der Waals surface area contributed by atoms with Gasteiger partial charge in [0.25, 0.3) is 0 Å². The zero-order valence-electron chi connectivity index (χ0n) is 23.3. The third-order valence-electron chi connectivity index (χ3n) is 6.71. The van der Waals surface area contributed by atoms with Crippen molar-refractivity contribution in [3.05, 3.63) is 59.7 Å². The molecule has 0 bridgehead atoms. The first kappa shape index (κ1) is 30.2. The average Bonchev–Trinajstić information content (AvgIpc) is 2.91. The second kappa shape index (κ2) is 21.1. The molecule has 0 atom stereocenters. The standard InChI is InChI=1S/C32H52N2O2/c1-3-5-23-33-27-29-15-19-31(20-16-29)35-25-13-11-9-7-8-10-12-14-26-36-32-21-17-30(18-22-32)28-34-24-6-4-2/h15-22,33-34H,3-14,23-28H2,1-2H3/p+2. The highest BCUT2D eigenvalue weighted by atomic mass is 16.5. The second-order valence-electron chi connectivity index (χ2n) is 10.1. The van der Waals surface area contributed by atoms with Crippen LogP contribution in [0.2, 0.25) is 0 Å². The lowest BCUT2D eigenvalue weighted by atomic mass is 10.1. The van der Waals surface area contributed by atoms with Crippen molar-refractivity contribution < 1.29 is 20.1 Å². The highest BCUT2D eigenvalue weighted by Crippen LogP contribution is 2.15. The van der Waals surface area contributed by atoms with E-state index in [1.165, 1.54) is 88.4 Å². The SMILES string of the molecule is CCCC[NH2+]Cc1ccc(OCCCCCCCCCCOc2ccc(C[NH2+]CCCC)cc2)cc1. The maximum absolute atomic E-state index is 5.92. The van der Waals surface area contributed by atoms with Crippen molar-refractivity contribution >= 4 is 0 Å². The number of nitrogens with two attached hydrogens (primary N) is 2. The molecule has 0 saturated carbocycles. The van der Waals surface area contributed by atoms with E-state index in [0.29, 0.717) is 0 Å². The fraction of sp³-hybridized carbons (Fsp3) is 0.625. The molecule has 0 aliphatic carbocycles. The van der Waals surface area contributed by atoms with Gasteiger partial charge in [-0.25, -0.2) is 0 Å². The predicted octanol–water partition coefficient (Wildman–Crippen LogP) is 5.99. The molecule has 0 saturated heterocycles. The first-order valence-corrected chi connectivity index (χ1v) is 14.9. The summed E-state index contributed by atoms with van der Waals surface area (Å²) in [6, 6.07) is 17.3.